The van der Waals surface area contributed by atoms with Crippen LogP contribution >= 0.6 is 34.3 Å². The molecule has 1 amide bonds. The monoisotopic (exact) mass is 493 g/mol. The maximum absolute atomic E-state index is 13.1. The number of amides is 1. The van der Waals surface area contributed by atoms with Crippen LogP contribution in [0.5, 0.6) is 0 Å². The van der Waals surface area contributed by atoms with E-state index in [1.54, 1.807) is 23.6 Å². The van der Waals surface area contributed by atoms with Gasteiger partial charge in [-0.2, -0.15) is 0 Å². The summed E-state index contributed by atoms with van der Waals surface area (Å²) in [5.41, 5.74) is 0.887. The summed E-state index contributed by atoms with van der Waals surface area (Å²) >= 11 is 8.57. The van der Waals surface area contributed by atoms with Crippen molar-refractivity contribution in [3.63, 3.8) is 0 Å². The first-order chi connectivity index (χ1) is 14.8. The summed E-state index contributed by atoms with van der Waals surface area (Å²) in [6.45, 7) is 0. The lowest BCUT2D eigenvalue weighted by Crippen LogP contribution is -2.18. The van der Waals surface area contributed by atoms with E-state index in [0.29, 0.717) is 15.2 Å². The quantitative estimate of drug-likeness (QED) is 0.359. The lowest BCUT2D eigenvalue weighted by molar-refractivity contribution is 0.102. The first-order valence-corrected chi connectivity index (χ1v) is 12.3. The molecular formula is C20H13ClFN3O3S3. The molecule has 0 aliphatic carbocycles. The maximum atomic E-state index is 13.1. The first kappa shape index (κ1) is 21.4. The van der Waals surface area contributed by atoms with Crippen LogP contribution in [0.3, 0.4) is 0 Å². The molecule has 0 aliphatic rings. The number of halogens is 2. The molecule has 2 aromatic carbocycles. The van der Waals surface area contributed by atoms with E-state index in [1.807, 2.05) is 6.07 Å². The fourth-order valence-electron chi connectivity index (χ4n) is 2.65. The number of sulfonamides is 1. The molecule has 0 fully saturated rings. The van der Waals surface area contributed by atoms with Gasteiger partial charge in [0.15, 0.2) is 5.13 Å². The number of hydrogen-bond donors (Lipinski definition) is 2. The number of nitrogens with one attached hydrogen (secondary N) is 2. The lowest BCUT2D eigenvalue weighted by Gasteiger charge is -2.12. The first-order valence-electron chi connectivity index (χ1n) is 8.72. The Balaban J connectivity index is 1.55. The summed E-state index contributed by atoms with van der Waals surface area (Å²) in [4.78, 5) is 17.9. The Morgan fingerprint density at radius 1 is 1.03 bits per heavy atom. The Hall–Kier alpha value is -2.79. The van der Waals surface area contributed by atoms with Gasteiger partial charge in [-0.15, -0.1) is 22.7 Å². The van der Waals surface area contributed by atoms with E-state index >= 15 is 0 Å². The van der Waals surface area contributed by atoms with Crippen LogP contribution in [0.1, 0.15) is 10.4 Å². The highest BCUT2D eigenvalue weighted by atomic mass is 35.5. The largest absolute Gasteiger partial charge is 0.298 e. The Morgan fingerprint density at radius 3 is 2.48 bits per heavy atom. The summed E-state index contributed by atoms with van der Waals surface area (Å²) in [5, 5.41) is 4.84. The molecule has 11 heteroatoms. The van der Waals surface area contributed by atoms with Gasteiger partial charge in [-0.3, -0.25) is 14.8 Å². The van der Waals surface area contributed by atoms with Crippen molar-refractivity contribution in [2.75, 3.05) is 10.0 Å². The minimum absolute atomic E-state index is 0.0890. The number of aromatic nitrogens is 1. The Bertz CT molecular complexity index is 1350. The van der Waals surface area contributed by atoms with Crippen molar-refractivity contribution in [2.45, 2.75) is 4.90 Å². The minimum atomic E-state index is -4.01. The topological polar surface area (TPSA) is 88.2 Å². The molecule has 2 heterocycles. The lowest BCUT2D eigenvalue weighted by atomic mass is 10.2. The summed E-state index contributed by atoms with van der Waals surface area (Å²) in [6.07, 6.45) is 0. The van der Waals surface area contributed by atoms with Crippen LogP contribution in [0.4, 0.5) is 15.2 Å². The maximum Gasteiger partial charge on any atom is 0.261 e. The molecule has 4 aromatic rings. The van der Waals surface area contributed by atoms with Gasteiger partial charge in [0.2, 0.25) is 0 Å². The molecule has 0 radical (unpaired) electrons. The number of rotatable bonds is 6. The van der Waals surface area contributed by atoms with Gasteiger partial charge >= 0.3 is 0 Å². The summed E-state index contributed by atoms with van der Waals surface area (Å²) in [7, 11) is -4.01. The van der Waals surface area contributed by atoms with Crippen LogP contribution in [0, 0.1) is 5.82 Å². The molecular weight excluding hydrogens is 481 g/mol. The number of nitrogens with zero attached hydrogens (tertiary/aromatic N) is 1. The van der Waals surface area contributed by atoms with Crippen molar-refractivity contribution in [3.8, 4) is 10.6 Å². The number of thiazole rings is 1. The van der Waals surface area contributed by atoms with Gasteiger partial charge in [0.05, 0.1) is 31.1 Å². The number of anilines is 2. The van der Waals surface area contributed by atoms with Crippen LogP contribution in [-0.4, -0.2) is 19.3 Å². The zero-order valence-electron chi connectivity index (χ0n) is 15.5. The van der Waals surface area contributed by atoms with E-state index in [9.17, 15) is 17.6 Å². The fraction of sp³-hybridized carbons (Fsp3) is 0. The number of benzene rings is 2. The number of hydrogen-bond acceptors (Lipinski definition) is 6. The molecule has 31 heavy (non-hydrogen) atoms. The van der Waals surface area contributed by atoms with E-state index in [4.69, 9.17) is 11.6 Å². The van der Waals surface area contributed by atoms with Crippen LogP contribution in [0.2, 0.25) is 4.34 Å². The Labute approximate surface area is 190 Å². The van der Waals surface area contributed by atoms with Gasteiger partial charge in [0.1, 0.15) is 5.82 Å². The van der Waals surface area contributed by atoms with Gasteiger partial charge in [-0.05, 0) is 48.5 Å². The average Bonchev–Trinajstić information content (AvgIpc) is 3.37. The van der Waals surface area contributed by atoms with Crippen molar-refractivity contribution in [1.29, 1.82) is 0 Å². The van der Waals surface area contributed by atoms with E-state index in [1.165, 1.54) is 34.8 Å². The van der Waals surface area contributed by atoms with Crippen LogP contribution in [0.25, 0.3) is 10.6 Å². The van der Waals surface area contributed by atoms with Crippen LogP contribution in [-0.2, 0) is 10.0 Å². The molecule has 0 spiro atoms. The highest BCUT2D eigenvalue weighted by Crippen LogP contribution is 2.33. The second kappa shape index (κ2) is 8.75. The normalized spacial score (nSPS) is 11.3. The van der Waals surface area contributed by atoms with E-state index < -0.39 is 21.7 Å². The third-order valence-electron chi connectivity index (χ3n) is 4.09. The smallest absolute Gasteiger partial charge is 0.261 e. The van der Waals surface area contributed by atoms with Gasteiger partial charge in [-0.1, -0.05) is 23.7 Å². The fourth-order valence-corrected chi connectivity index (χ4v) is 5.51. The molecule has 0 unspecified atom stereocenters. The Morgan fingerprint density at radius 2 is 1.77 bits per heavy atom. The summed E-state index contributed by atoms with van der Waals surface area (Å²) in [5.74, 6) is -1.08. The SMILES string of the molecule is O=C(Nc1nc(-c2ccc(Cl)s2)cs1)c1ccccc1NS(=O)(=O)c1ccc(F)cc1. The van der Waals surface area contributed by atoms with Crippen LogP contribution < -0.4 is 10.0 Å². The predicted molar refractivity (Wildman–Crippen MR) is 122 cm³/mol. The van der Waals surface area contributed by atoms with Gasteiger partial charge in [0.25, 0.3) is 15.9 Å². The number of carbonyl (C=O) groups is 1. The van der Waals surface area contributed by atoms with E-state index in [0.717, 1.165) is 29.1 Å². The number of para-hydroxylation sites is 1. The highest BCUT2D eigenvalue weighted by Gasteiger charge is 2.19. The van der Waals surface area contributed by atoms with Crippen molar-refractivity contribution >= 4 is 61.0 Å². The molecule has 2 N–H and O–H groups in total. The second-order valence-corrected chi connectivity index (χ2v) is 10.5. The van der Waals surface area contributed by atoms with Gasteiger partial charge in [-0.25, -0.2) is 17.8 Å². The van der Waals surface area contributed by atoms with Gasteiger partial charge < -0.3 is 0 Å². The third-order valence-corrected chi connectivity index (χ3v) is 7.48. The van der Waals surface area contributed by atoms with Crippen molar-refractivity contribution in [1.82, 2.24) is 4.98 Å². The zero-order valence-corrected chi connectivity index (χ0v) is 18.7. The number of thiophene rings is 1. The van der Waals surface area contributed by atoms with E-state index in [2.05, 4.69) is 15.0 Å². The molecule has 0 atom stereocenters. The molecule has 4 rings (SSSR count). The predicted octanol–water partition coefficient (Wildman–Crippen LogP) is 5.72. The molecule has 0 bridgehead atoms. The van der Waals surface area contributed by atoms with Gasteiger partial charge in [0, 0.05) is 5.38 Å². The number of carbonyl (C=O) groups excluding carboxylic acids is 1. The zero-order chi connectivity index (χ0) is 22.0. The molecule has 0 aliphatic heterocycles. The molecule has 0 saturated heterocycles. The standard InChI is InChI=1S/C20H13ClFN3O3S3/c21-18-10-9-17(30-18)16-11-29-20(23-16)24-19(26)14-3-1-2-4-15(14)25-31(27,28)13-7-5-12(22)6-8-13/h1-11,25H,(H,23,24,26). The van der Waals surface area contributed by atoms with Crippen molar-refractivity contribution in [3.05, 3.63) is 81.8 Å². The molecule has 0 saturated carbocycles. The summed E-state index contributed by atoms with van der Waals surface area (Å²) in [6, 6.07) is 14.2. The molecule has 2 aromatic heterocycles. The molecule has 6 nitrogen and oxygen atoms in total. The van der Waals surface area contributed by atoms with Crippen molar-refractivity contribution in [2.24, 2.45) is 0 Å². The minimum Gasteiger partial charge on any atom is -0.298 e. The highest BCUT2D eigenvalue weighted by molar-refractivity contribution is 7.92. The third kappa shape index (κ3) is 4.93. The summed E-state index contributed by atoms with van der Waals surface area (Å²) < 4.78 is 41.4. The van der Waals surface area contributed by atoms with E-state index in [-0.39, 0.29) is 16.1 Å². The van der Waals surface area contributed by atoms with Crippen LogP contribution in [0.15, 0.2) is 70.9 Å². The Kier molecular flexibility index (Phi) is 6.05. The molecule has 158 valence electrons. The second-order valence-electron chi connectivity index (χ2n) is 6.20. The van der Waals surface area contributed by atoms with Crippen molar-refractivity contribution < 1.29 is 17.6 Å². The average molecular weight is 494 g/mol.